The molecule has 0 atom stereocenters. The van der Waals surface area contributed by atoms with Gasteiger partial charge in [0.05, 0.1) is 11.4 Å². The van der Waals surface area contributed by atoms with Gasteiger partial charge in [0, 0.05) is 6.04 Å². The highest BCUT2D eigenvalue weighted by Gasteiger charge is 2.19. The average Bonchev–Trinajstić information content (AvgIpc) is 2.35. The zero-order chi connectivity index (χ0) is 16.2. The third kappa shape index (κ3) is 4.72. The summed E-state index contributed by atoms with van der Waals surface area (Å²) in [5.41, 5.74) is -0.537. The molecule has 0 fully saturated rings. The molecular weight excluding hydrogens is 300 g/mol. The molecule has 0 saturated heterocycles. The Bertz CT molecular complexity index is 654. The quantitative estimate of drug-likeness (QED) is 0.579. The Balaban J connectivity index is 2.91. The van der Waals surface area contributed by atoms with Gasteiger partial charge in [-0.15, -0.1) is 0 Å². The van der Waals surface area contributed by atoms with Crippen LogP contribution in [0.25, 0.3) is 0 Å². The third-order valence-electron chi connectivity index (χ3n) is 2.38. The summed E-state index contributed by atoms with van der Waals surface area (Å²) in [6, 6.07) is 2.70. The second-order valence-corrected chi connectivity index (χ2v) is 6.30. The largest absolute Gasteiger partial charge is 0.507 e. The van der Waals surface area contributed by atoms with Crippen LogP contribution in [0.5, 0.6) is 5.75 Å². The molecule has 0 aliphatic heterocycles. The van der Waals surface area contributed by atoms with Crippen LogP contribution in [0, 0.1) is 0 Å². The molecule has 1 rings (SSSR count). The zero-order valence-electron chi connectivity index (χ0n) is 11.5. The summed E-state index contributed by atoms with van der Waals surface area (Å²) < 4.78 is 25.9. The van der Waals surface area contributed by atoms with Gasteiger partial charge >= 0.3 is 5.97 Å². The molecule has 116 valence electrons. The van der Waals surface area contributed by atoms with E-state index in [1.165, 1.54) is 0 Å². The number of carbonyl (C=O) groups is 2. The van der Waals surface area contributed by atoms with E-state index in [1.54, 1.807) is 13.8 Å². The Morgan fingerprint density at radius 3 is 2.43 bits per heavy atom. The fraction of sp³-hybridized carbons (Fsp3) is 0.333. The van der Waals surface area contributed by atoms with Crippen molar-refractivity contribution in [3.63, 3.8) is 0 Å². The number of carboxylic acid groups (broad SMARTS) is 1. The highest BCUT2D eigenvalue weighted by molar-refractivity contribution is 7.89. The first-order chi connectivity index (χ1) is 9.63. The first kappa shape index (κ1) is 16.9. The van der Waals surface area contributed by atoms with Crippen molar-refractivity contribution in [1.82, 2.24) is 10.0 Å². The maximum absolute atomic E-state index is 11.9. The van der Waals surface area contributed by atoms with E-state index in [9.17, 15) is 23.1 Å². The minimum Gasteiger partial charge on any atom is -0.507 e. The van der Waals surface area contributed by atoms with Crippen LogP contribution in [-0.4, -0.2) is 43.1 Å². The van der Waals surface area contributed by atoms with Gasteiger partial charge < -0.3 is 15.5 Å². The maximum Gasteiger partial charge on any atom is 0.339 e. The summed E-state index contributed by atoms with van der Waals surface area (Å²) >= 11 is 0. The summed E-state index contributed by atoms with van der Waals surface area (Å²) in [5, 5.41) is 20.7. The predicted molar refractivity (Wildman–Crippen MR) is 73.5 cm³/mol. The Hall–Kier alpha value is -2.13. The van der Waals surface area contributed by atoms with E-state index in [2.05, 4.69) is 10.0 Å². The van der Waals surface area contributed by atoms with Gasteiger partial charge in [-0.1, -0.05) is 0 Å². The van der Waals surface area contributed by atoms with E-state index in [4.69, 9.17) is 5.11 Å². The van der Waals surface area contributed by atoms with E-state index in [-0.39, 0.29) is 10.9 Å². The normalized spacial score (nSPS) is 11.4. The molecule has 9 heteroatoms. The lowest BCUT2D eigenvalue weighted by Crippen LogP contribution is -2.39. The third-order valence-corrected chi connectivity index (χ3v) is 3.78. The van der Waals surface area contributed by atoms with Gasteiger partial charge in [-0.3, -0.25) is 4.79 Å². The smallest absolute Gasteiger partial charge is 0.339 e. The van der Waals surface area contributed by atoms with Gasteiger partial charge in [-0.05, 0) is 32.0 Å². The van der Waals surface area contributed by atoms with Gasteiger partial charge in [0.2, 0.25) is 15.9 Å². The van der Waals surface area contributed by atoms with Crippen molar-refractivity contribution >= 4 is 21.9 Å². The molecule has 0 spiro atoms. The van der Waals surface area contributed by atoms with Gasteiger partial charge in [0.15, 0.2) is 0 Å². The molecule has 0 aliphatic carbocycles. The molecule has 0 aromatic heterocycles. The molecule has 0 bridgehead atoms. The van der Waals surface area contributed by atoms with Crippen molar-refractivity contribution in [3.05, 3.63) is 23.8 Å². The molecule has 0 saturated carbocycles. The number of hydrogen-bond donors (Lipinski definition) is 4. The zero-order valence-corrected chi connectivity index (χ0v) is 12.3. The Kier molecular flexibility index (Phi) is 5.28. The van der Waals surface area contributed by atoms with Crippen molar-refractivity contribution in [3.8, 4) is 5.75 Å². The molecule has 1 aromatic carbocycles. The molecule has 0 aliphatic rings. The van der Waals surface area contributed by atoms with Crippen LogP contribution in [0.2, 0.25) is 0 Å². The molecule has 1 amide bonds. The molecule has 0 heterocycles. The number of aromatic hydroxyl groups is 1. The minimum atomic E-state index is -4.05. The van der Waals surface area contributed by atoms with Crippen molar-refractivity contribution in [1.29, 1.82) is 0 Å². The molecule has 4 N–H and O–H groups in total. The molecule has 1 aromatic rings. The Labute approximate surface area is 121 Å². The first-order valence-electron chi connectivity index (χ1n) is 5.99. The number of phenols is 1. The molecule has 0 radical (unpaired) electrons. The van der Waals surface area contributed by atoms with Crippen LogP contribution >= 0.6 is 0 Å². The van der Waals surface area contributed by atoms with Gasteiger partial charge in [0.1, 0.15) is 11.3 Å². The van der Waals surface area contributed by atoms with Crippen molar-refractivity contribution < 1.29 is 28.2 Å². The molecule has 8 nitrogen and oxygen atoms in total. The van der Waals surface area contributed by atoms with Crippen LogP contribution in [0.1, 0.15) is 24.2 Å². The van der Waals surface area contributed by atoms with E-state index >= 15 is 0 Å². The second-order valence-electron chi connectivity index (χ2n) is 4.53. The standard InChI is InChI=1S/C12H16N2O6S/c1-7(2)14-11(16)6-13-21(19,20)8-3-4-10(15)9(5-8)12(17)18/h3-5,7,13,15H,6H2,1-2H3,(H,14,16)(H,17,18). The number of nitrogens with one attached hydrogen (secondary N) is 2. The van der Waals surface area contributed by atoms with Crippen LogP contribution in [-0.2, 0) is 14.8 Å². The van der Waals surface area contributed by atoms with Crippen molar-refractivity contribution in [2.24, 2.45) is 0 Å². The average molecular weight is 316 g/mol. The lowest BCUT2D eigenvalue weighted by molar-refractivity contribution is -0.120. The highest BCUT2D eigenvalue weighted by Crippen LogP contribution is 2.21. The van der Waals surface area contributed by atoms with E-state index < -0.39 is 39.8 Å². The van der Waals surface area contributed by atoms with Gasteiger partial charge in [-0.25, -0.2) is 17.9 Å². The fourth-order valence-electron chi connectivity index (χ4n) is 1.47. The summed E-state index contributed by atoms with van der Waals surface area (Å²) in [7, 11) is -4.05. The number of amides is 1. The van der Waals surface area contributed by atoms with Gasteiger partial charge in [-0.2, -0.15) is 0 Å². The number of rotatable bonds is 6. The highest BCUT2D eigenvalue weighted by atomic mass is 32.2. The monoisotopic (exact) mass is 316 g/mol. The lowest BCUT2D eigenvalue weighted by atomic mass is 10.2. The number of benzene rings is 1. The van der Waals surface area contributed by atoms with Gasteiger partial charge in [0.25, 0.3) is 0 Å². The van der Waals surface area contributed by atoms with E-state index in [0.29, 0.717) is 0 Å². The van der Waals surface area contributed by atoms with Crippen LogP contribution in [0.4, 0.5) is 0 Å². The van der Waals surface area contributed by atoms with Crippen LogP contribution in [0.15, 0.2) is 23.1 Å². The second kappa shape index (κ2) is 6.55. The van der Waals surface area contributed by atoms with E-state index in [1.807, 2.05) is 0 Å². The summed E-state index contributed by atoms with van der Waals surface area (Å²) in [4.78, 5) is 21.9. The Morgan fingerprint density at radius 2 is 1.90 bits per heavy atom. The van der Waals surface area contributed by atoms with Crippen molar-refractivity contribution in [2.45, 2.75) is 24.8 Å². The van der Waals surface area contributed by atoms with Crippen LogP contribution < -0.4 is 10.0 Å². The number of sulfonamides is 1. The number of aromatic carboxylic acids is 1. The molecule has 0 unspecified atom stereocenters. The number of carboxylic acids is 1. The maximum atomic E-state index is 11.9. The number of carbonyl (C=O) groups excluding carboxylic acids is 1. The van der Waals surface area contributed by atoms with E-state index in [0.717, 1.165) is 18.2 Å². The molecular formula is C12H16N2O6S. The predicted octanol–water partition coefficient (Wildman–Crippen LogP) is -0.107. The SMILES string of the molecule is CC(C)NC(=O)CNS(=O)(=O)c1ccc(O)c(C(=O)O)c1. The minimum absolute atomic E-state index is 0.130. The van der Waals surface area contributed by atoms with Crippen LogP contribution in [0.3, 0.4) is 0 Å². The first-order valence-corrected chi connectivity index (χ1v) is 7.47. The molecule has 21 heavy (non-hydrogen) atoms. The summed E-state index contributed by atoms with van der Waals surface area (Å²) in [6.07, 6.45) is 0. The fourth-order valence-corrected chi connectivity index (χ4v) is 2.48. The number of hydrogen-bond acceptors (Lipinski definition) is 5. The Morgan fingerprint density at radius 1 is 1.29 bits per heavy atom. The lowest BCUT2D eigenvalue weighted by Gasteiger charge is -2.10. The van der Waals surface area contributed by atoms with Crippen molar-refractivity contribution in [2.75, 3.05) is 6.54 Å². The topological polar surface area (TPSA) is 133 Å². The summed E-state index contributed by atoms with van der Waals surface area (Å²) in [5.74, 6) is -2.51. The summed E-state index contributed by atoms with van der Waals surface area (Å²) in [6.45, 7) is 2.99.